The van der Waals surface area contributed by atoms with E-state index in [0.717, 1.165) is 0 Å². The van der Waals surface area contributed by atoms with Crippen molar-refractivity contribution < 1.29 is 23.6 Å². The number of nitrogens with one attached hydrogen (secondary N) is 1. The molecule has 2 aliphatic rings. The van der Waals surface area contributed by atoms with Crippen LogP contribution in [0.2, 0.25) is 0 Å². The molecule has 5 rings (SSSR count). The Morgan fingerprint density at radius 3 is 2.86 bits per heavy atom. The molecule has 12 nitrogen and oxygen atoms in total. The third-order valence-electron chi connectivity index (χ3n) is 6.02. The number of hydrogen-bond acceptors (Lipinski definition) is 9. The lowest BCUT2D eigenvalue weighted by Crippen LogP contribution is -2.41. The number of carbonyl (C=O) groups is 2. The van der Waals surface area contributed by atoms with Gasteiger partial charge in [0.15, 0.2) is 6.10 Å². The van der Waals surface area contributed by atoms with Gasteiger partial charge in [0.2, 0.25) is 5.91 Å². The van der Waals surface area contributed by atoms with Crippen molar-refractivity contribution in [2.24, 2.45) is 10.9 Å². The van der Waals surface area contributed by atoms with Gasteiger partial charge in [-0.05, 0) is 31.2 Å². The third kappa shape index (κ3) is 5.40. The minimum atomic E-state index is -0.600. The maximum absolute atomic E-state index is 15.1. The topological polar surface area (TPSA) is 150 Å². The van der Waals surface area contributed by atoms with Crippen LogP contribution in [0.1, 0.15) is 19.0 Å². The first-order chi connectivity index (χ1) is 17.9. The Hall–Kier alpha value is -4.39. The van der Waals surface area contributed by atoms with Crippen LogP contribution >= 0.6 is 0 Å². The molecule has 2 aliphatic heterocycles. The third-order valence-corrected chi connectivity index (χ3v) is 6.02. The van der Waals surface area contributed by atoms with Gasteiger partial charge in [0, 0.05) is 29.9 Å². The maximum atomic E-state index is 15.1. The number of carbonyl (C=O) groups excluding carboxylic acids is 2. The van der Waals surface area contributed by atoms with E-state index < -0.39 is 24.1 Å². The Kier molecular flexibility index (Phi) is 6.77. The number of anilines is 1. The molecule has 0 unspecified atom stereocenters. The summed E-state index contributed by atoms with van der Waals surface area (Å²) >= 11 is 0. The van der Waals surface area contributed by atoms with Gasteiger partial charge in [-0.3, -0.25) is 14.7 Å². The Morgan fingerprint density at radius 1 is 1.30 bits per heavy atom. The minimum Gasteiger partial charge on any atom is -0.442 e. The van der Waals surface area contributed by atoms with Crippen molar-refractivity contribution in [1.29, 1.82) is 0 Å². The Morgan fingerprint density at radius 2 is 2.16 bits per heavy atom. The van der Waals surface area contributed by atoms with Gasteiger partial charge < -0.3 is 20.6 Å². The molecule has 1 aromatic carbocycles. The smallest absolute Gasteiger partial charge is 0.414 e. The van der Waals surface area contributed by atoms with Crippen LogP contribution in [0.15, 0.2) is 54.1 Å². The average molecular weight is 509 g/mol. The second-order valence-electron chi connectivity index (χ2n) is 8.84. The van der Waals surface area contributed by atoms with Crippen LogP contribution in [0.5, 0.6) is 0 Å². The number of nitrogens with two attached hydrogens (primary N) is 1. The van der Waals surface area contributed by atoms with Crippen molar-refractivity contribution in [3.05, 3.63) is 60.4 Å². The number of pyridine rings is 1. The largest absolute Gasteiger partial charge is 0.442 e. The van der Waals surface area contributed by atoms with Crippen LogP contribution in [-0.4, -0.2) is 69.0 Å². The fraction of sp³-hybridized carbons (Fsp3) is 0.333. The summed E-state index contributed by atoms with van der Waals surface area (Å²) in [6, 6.07) is 7.45. The summed E-state index contributed by atoms with van der Waals surface area (Å²) in [4.78, 5) is 35.2. The summed E-state index contributed by atoms with van der Waals surface area (Å²) in [6.45, 7) is 2.52. The standard InChI is InChI=1S/C24H25FN8O4/c1-14(26)23(34)28-11-17-9-22(30-37-17)21-5-2-15(10-27-21)19-4-3-16(8-20(19)25)33-13-18(36-24(33)35)12-32-7-6-29-31-32/h2-8,10,14,17-18H,9,11-13,26H2,1H3,(H,28,34)/t14-,17-,18-/m0/s1. The van der Waals surface area contributed by atoms with Gasteiger partial charge in [0.05, 0.1) is 43.3 Å². The van der Waals surface area contributed by atoms with Crippen LogP contribution in [-0.2, 0) is 20.9 Å². The predicted octanol–water partition coefficient (Wildman–Crippen LogP) is 1.46. The van der Waals surface area contributed by atoms with Crippen LogP contribution in [0.4, 0.5) is 14.9 Å². The maximum Gasteiger partial charge on any atom is 0.414 e. The molecule has 2 amide bonds. The zero-order valence-corrected chi connectivity index (χ0v) is 20.0. The van der Waals surface area contributed by atoms with E-state index in [4.69, 9.17) is 15.3 Å². The molecule has 1 saturated heterocycles. The minimum absolute atomic E-state index is 0.263. The summed E-state index contributed by atoms with van der Waals surface area (Å²) in [5.74, 6) is -0.758. The summed E-state index contributed by atoms with van der Waals surface area (Å²) in [7, 11) is 0. The molecular weight excluding hydrogens is 483 g/mol. The lowest BCUT2D eigenvalue weighted by Gasteiger charge is -2.14. The quantitative estimate of drug-likeness (QED) is 0.464. The van der Waals surface area contributed by atoms with Crippen LogP contribution in [0.25, 0.3) is 11.1 Å². The number of benzene rings is 1. The van der Waals surface area contributed by atoms with Crippen molar-refractivity contribution in [3.63, 3.8) is 0 Å². The van der Waals surface area contributed by atoms with E-state index in [9.17, 15) is 9.59 Å². The van der Waals surface area contributed by atoms with Crippen molar-refractivity contribution in [3.8, 4) is 11.1 Å². The van der Waals surface area contributed by atoms with Crippen molar-refractivity contribution in [2.45, 2.75) is 38.1 Å². The van der Waals surface area contributed by atoms with Gasteiger partial charge in [0.1, 0.15) is 17.6 Å². The molecule has 0 spiro atoms. The van der Waals surface area contributed by atoms with Crippen molar-refractivity contribution in [2.75, 3.05) is 18.0 Å². The van der Waals surface area contributed by atoms with Gasteiger partial charge in [0.25, 0.3) is 0 Å². The number of oxime groups is 1. The fourth-order valence-electron chi connectivity index (χ4n) is 4.06. The summed E-state index contributed by atoms with van der Waals surface area (Å²) < 4.78 is 22.0. The molecule has 3 aromatic rings. The summed E-state index contributed by atoms with van der Waals surface area (Å²) in [6.07, 6.45) is 3.98. The highest BCUT2D eigenvalue weighted by atomic mass is 19.1. The molecule has 3 atom stereocenters. The molecule has 13 heteroatoms. The zero-order chi connectivity index (χ0) is 25.9. The van der Waals surface area contributed by atoms with Gasteiger partial charge in [-0.25, -0.2) is 13.9 Å². The van der Waals surface area contributed by atoms with Crippen LogP contribution < -0.4 is 16.0 Å². The van der Waals surface area contributed by atoms with Gasteiger partial charge >= 0.3 is 6.09 Å². The second kappa shape index (κ2) is 10.3. The zero-order valence-electron chi connectivity index (χ0n) is 20.0. The first kappa shape index (κ1) is 24.3. The number of rotatable bonds is 8. The average Bonchev–Trinajstić information content (AvgIpc) is 3.65. The van der Waals surface area contributed by atoms with E-state index in [0.29, 0.717) is 41.2 Å². The number of hydrogen-bond donors (Lipinski definition) is 2. The highest BCUT2D eigenvalue weighted by Crippen LogP contribution is 2.29. The van der Waals surface area contributed by atoms with E-state index in [1.807, 2.05) is 0 Å². The molecule has 0 radical (unpaired) electrons. The van der Waals surface area contributed by atoms with Gasteiger partial charge in [-0.1, -0.05) is 16.4 Å². The highest BCUT2D eigenvalue weighted by molar-refractivity contribution is 6.00. The summed E-state index contributed by atoms with van der Waals surface area (Å²) in [5.41, 5.74) is 8.08. The molecule has 4 heterocycles. The molecule has 2 aromatic heterocycles. The Labute approximate surface area is 211 Å². The molecule has 3 N–H and O–H groups in total. The number of halogens is 1. The number of ether oxygens (including phenoxy) is 1. The lowest BCUT2D eigenvalue weighted by molar-refractivity contribution is -0.122. The SMILES string of the molecule is C[C@H](N)C(=O)NC[C@@H]1CC(c2ccc(-c3ccc(N4C[C@H](Cn5ccnn5)OC4=O)cc3F)cn2)=NO1. The Bertz CT molecular complexity index is 1310. The van der Waals surface area contributed by atoms with E-state index >= 15 is 4.39 Å². The number of cyclic esters (lactones) is 1. The van der Waals surface area contributed by atoms with Crippen LogP contribution in [0.3, 0.4) is 0 Å². The highest BCUT2D eigenvalue weighted by Gasteiger charge is 2.33. The number of nitrogens with zero attached hydrogens (tertiary/aromatic N) is 6. The lowest BCUT2D eigenvalue weighted by atomic mass is 10.0. The van der Waals surface area contributed by atoms with Gasteiger partial charge in [-0.2, -0.15) is 0 Å². The monoisotopic (exact) mass is 508 g/mol. The van der Waals surface area contributed by atoms with E-state index in [2.05, 4.69) is 25.8 Å². The van der Waals surface area contributed by atoms with E-state index in [1.54, 1.807) is 54.5 Å². The second-order valence-corrected chi connectivity index (χ2v) is 8.84. The van der Waals surface area contributed by atoms with Crippen molar-refractivity contribution in [1.82, 2.24) is 25.3 Å². The van der Waals surface area contributed by atoms with E-state index in [-0.39, 0.29) is 25.1 Å². The molecule has 0 aliphatic carbocycles. The number of amides is 2. The Balaban J connectivity index is 1.21. The molecule has 1 fully saturated rings. The number of aromatic nitrogens is 4. The first-order valence-electron chi connectivity index (χ1n) is 11.7. The molecule has 0 bridgehead atoms. The predicted molar refractivity (Wildman–Crippen MR) is 130 cm³/mol. The van der Waals surface area contributed by atoms with E-state index in [1.165, 1.54) is 11.0 Å². The molecular formula is C24H25FN8O4. The van der Waals surface area contributed by atoms with Crippen LogP contribution in [0, 0.1) is 5.82 Å². The van der Waals surface area contributed by atoms with Crippen molar-refractivity contribution >= 4 is 23.4 Å². The fourth-order valence-corrected chi connectivity index (χ4v) is 4.06. The normalized spacial score (nSPS) is 19.8. The summed E-state index contributed by atoms with van der Waals surface area (Å²) in [5, 5.41) is 14.4. The molecule has 192 valence electrons. The molecule has 37 heavy (non-hydrogen) atoms. The van der Waals surface area contributed by atoms with Gasteiger partial charge in [-0.15, -0.1) is 5.10 Å². The molecule has 0 saturated carbocycles. The first-order valence-corrected chi connectivity index (χ1v) is 11.7.